The normalized spacial score (nSPS) is 25.0. The van der Waals surface area contributed by atoms with Crippen molar-refractivity contribution in [3.05, 3.63) is 29.8 Å². The first-order valence-corrected chi connectivity index (χ1v) is 9.19. The van der Waals surface area contributed by atoms with E-state index in [9.17, 15) is 14.7 Å². The van der Waals surface area contributed by atoms with Crippen LogP contribution in [0.15, 0.2) is 24.3 Å². The molecule has 26 heavy (non-hydrogen) atoms. The van der Waals surface area contributed by atoms with Gasteiger partial charge >= 0.3 is 12.0 Å². The third kappa shape index (κ3) is 3.24. The lowest BCUT2D eigenvalue weighted by atomic mass is 9.81. The number of carboxylic acids is 1. The van der Waals surface area contributed by atoms with Crippen molar-refractivity contribution in [2.24, 2.45) is 11.3 Å². The fourth-order valence-corrected chi connectivity index (χ4v) is 4.35. The lowest BCUT2D eigenvalue weighted by molar-refractivity contribution is -0.149. The van der Waals surface area contributed by atoms with Gasteiger partial charge in [0.05, 0.1) is 12.5 Å². The first-order chi connectivity index (χ1) is 12.3. The van der Waals surface area contributed by atoms with Crippen LogP contribution in [-0.4, -0.2) is 48.8 Å². The second-order valence-corrected chi connectivity index (χ2v) is 8.20. The highest BCUT2D eigenvalue weighted by molar-refractivity contribution is 5.80. The maximum Gasteiger partial charge on any atom is 0.317 e. The summed E-state index contributed by atoms with van der Waals surface area (Å²) in [6.07, 6.45) is 2.51. The van der Waals surface area contributed by atoms with Crippen LogP contribution in [0.2, 0.25) is 0 Å². The Morgan fingerprint density at radius 2 is 2.04 bits per heavy atom. The Balaban J connectivity index is 1.61. The number of carbonyl (C=O) groups is 2. The summed E-state index contributed by atoms with van der Waals surface area (Å²) >= 11 is 0. The largest absolute Gasteiger partial charge is 0.497 e. The van der Waals surface area contributed by atoms with Crippen molar-refractivity contribution in [2.45, 2.75) is 38.5 Å². The summed E-state index contributed by atoms with van der Waals surface area (Å²) in [7, 11) is 1.63. The van der Waals surface area contributed by atoms with E-state index in [1.165, 1.54) is 0 Å². The van der Waals surface area contributed by atoms with Crippen molar-refractivity contribution < 1.29 is 19.4 Å². The molecule has 1 aromatic carbocycles. The number of nitrogens with one attached hydrogen (secondary N) is 1. The lowest BCUT2D eigenvalue weighted by Gasteiger charge is -2.28. The fraction of sp³-hybridized carbons (Fsp3) is 0.600. The number of benzene rings is 1. The van der Waals surface area contributed by atoms with Crippen LogP contribution in [0.3, 0.4) is 0 Å². The number of likely N-dealkylation sites (tertiary alicyclic amines) is 1. The molecule has 0 aromatic heterocycles. The minimum atomic E-state index is -0.756. The standard InChI is InChI=1S/C20H28N2O4/c1-19(2,14-6-8-16(26-3)9-7-14)12-21-18(25)22-11-15-5-4-10-20(15,13-22)17(23)24/h6-9,15H,4-5,10-13H2,1-3H3,(H,21,25)(H,23,24)/t15-,20+/m0/s1. The molecule has 1 saturated carbocycles. The SMILES string of the molecule is COc1ccc(C(C)(C)CNC(=O)N2C[C@@H]3CCC[C@@]3(C(=O)O)C2)cc1. The molecular formula is C20H28N2O4. The Morgan fingerprint density at radius 1 is 1.35 bits per heavy atom. The maximum absolute atomic E-state index is 12.6. The van der Waals surface area contributed by atoms with Gasteiger partial charge in [-0.15, -0.1) is 0 Å². The van der Waals surface area contributed by atoms with Gasteiger partial charge in [0.2, 0.25) is 0 Å². The molecular weight excluding hydrogens is 332 g/mol. The molecule has 6 heteroatoms. The topological polar surface area (TPSA) is 78.9 Å². The Hall–Kier alpha value is -2.24. The van der Waals surface area contributed by atoms with Gasteiger partial charge in [-0.25, -0.2) is 4.79 Å². The van der Waals surface area contributed by atoms with E-state index in [1.54, 1.807) is 12.0 Å². The molecule has 2 fully saturated rings. The average Bonchev–Trinajstić information content (AvgIpc) is 3.18. The van der Waals surface area contributed by atoms with E-state index in [0.29, 0.717) is 26.1 Å². The number of carbonyl (C=O) groups excluding carboxylic acids is 1. The molecule has 0 radical (unpaired) electrons. The van der Waals surface area contributed by atoms with Crippen LogP contribution in [-0.2, 0) is 10.2 Å². The molecule has 0 unspecified atom stereocenters. The molecule has 142 valence electrons. The Morgan fingerprint density at radius 3 is 2.62 bits per heavy atom. The molecule has 2 N–H and O–H groups in total. The number of ether oxygens (including phenoxy) is 1. The van der Waals surface area contributed by atoms with Crippen molar-refractivity contribution in [1.82, 2.24) is 10.2 Å². The van der Waals surface area contributed by atoms with E-state index in [1.807, 2.05) is 24.3 Å². The number of amides is 2. The van der Waals surface area contributed by atoms with Crippen LogP contribution in [0, 0.1) is 11.3 Å². The van der Waals surface area contributed by atoms with E-state index < -0.39 is 11.4 Å². The first-order valence-electron chi connectivity index (χ1n) is 9.19. The van der Waals surface area contributed by atoms with Gasteiger partial charge in [-0.2, -0.15) is 0 Å². The van der Waals surface area contributed by atoms with Crippen LogP contribution in [0.5, 0.6) is 5.75 Å². The lowest BCUT2D eigenvalue weighted by Crippen LogP contribution is -2.45. The third-order valence-corrected chi connectivity index (χ3v) is 6.14. The molecule has 1 saturated heterocycles. The maximum atomic E-state index is 12.6. The quantitative estimate of drug-likeness (QED) is 0.846. The number of methoxy groups -OCH3 is 1. The average molecular weight is 360 g/mol. The van der Waals surface area contributed by atoms with Crippen molar-refractivity contribution in [3.63, 3.8) is 0 Å². The number of fused-ring (bicyclic) bond motifs is 1. The zero-order valence-corrected chi connectivity index (χ0v) is 15.7. The van der Waals surface area contributed by atoms with Crippen molar-refractivity contribution in [2.75, 3.05) is 26.7 Å². The van der Waals surface area contributed by atoms with Gasteiger partial charge in [-0.05, 0) is 36.5 Å². The molecule has 1 aromatic rings. The highest BCUT2D eigenvalue weighted by atomic mass is 16.5. The molecule has 3 rings (SSSR count). The van der Waals surface area contributed by atoms with Gasteiger partial charge in [0.1, 0.15) is 5.75 Å². The van der Waals surface area contributed by atoms with Crippen LogP contribution in [0.1, 0.15) is 38.7 Å². The molecule has 2 atom stereocenters. The molecule has 1 aliphatic heterocycles. The summed E-state index contributed by atoms with van der Waals surface area (Å²) in [4.78, 5) is 26.1. The zero-order chi connectivity index (χ0) is 18.9. The minimum Gasteiger partial charge on any atom is -0.497 e. The molecule has 1 aliphatic carbocycles. The van der Waals surface area contributed by atoms with Gasteiger partial charge in [-0.1, -0.05) is 32.4 Å². The number of hydrogen-bond donors (Lipinski definition) is 2. The van der Waals surface area contributed by atoms with Gasteiger partial charge in [-0.3, -0.25) is 4.79 Å². The Kier molecular flexibility index (Phi) is 4.86. The van der Waals surface area contributed by atoms with E-state index in [4.69, 9.17) is 4.74 Å². The summed E-state index contributed by atoms with van der Waals surface area (Å²) in [5.41, 5.74) is 0.143. The third-order valence-electron chi connectivity index (χ3n) is 6.14. The first kappa shape index (κ1) is 18.5. The van der Waals surface area contributed by atoms with E-state index in [2.05, 4.69) is 19.2 Å². The number of urea groups is 1. The number of aliphatic carboxylic acids is 1. The van der Waals surface area contributed by atoms with E-state index in [0.717, 1.165) is 24.2 Å². The number of hydrogen-bond acceptors (Lipinski definition) is 3. The van der Waals surface area contributed by atoms with Gasteiger partial charge in [0, 0.05) is 25.0 Å². The fourth-order valence-electron chi connectivity index (χ4n) is 4.35. The minimum absolute atomic E-state index is 0.0837. The highest BCUT2D eigenvalue weighted by Gasteiger charge is 2.55. The van der Waals surface area contributed by atoms with E-state index >= 15 is 0 Å². The van der Waals surface area contributed by atoms with Gasteiger partial charge in [0.25, 0.3) is 0 Å². The second-order valence-electron chi connectivity index (χ2n) is 8.20. The summed E-state index contributed by atoms with van der Waals surface area (Å²) in [5, 5.41) is 12.7. The molecule has 2 amide bonds. The van der Waals surface area contributed by atoms with Crippen LogP contribution < -0.4 is 10.1 Å². The molecule has 0 spiro atoms. The number of nitrogens with zero attached hydrogens (tertiary/aromatic N) is 1. The summed E-state index contributed by atoms with van der Waals surface area (Å²) < 4.78 is 5.19. The number of carboxylic acid groups (broad SMARTS) is 1. The van der Waals surface area contributed by atoms with Crippen LogP contribution in [0.4, 0.5) is 4.79 Å². The highest BCUT2D eigenvalue weighted by Crippen LogP contribution is 2.48. The van der Waals surface area contributed by atoms with Gasteiger partial charge in [0.15, 0.2) is 0 Å². The van der Waals surface area contributed by atoms with Gasteiger partial charge < -0.3 is 20.1 Å². The summed E-state index contributed by atoms with van der Waals surface area (Å²) in [6, 6.07) is 7.67. The number of rotatable bonds is 5. The van der Waals surface area contributed by atoms with Crippen molar-refractivity contribution in [1.29, 1.82) is 0 Å². The second kappa shape index (κ2) is 6.82. The van der Waals surface area contributed by atoms with E-state index in [-0.39, 0.29) is 17.4 Å². The molecule has 0 bridgehead atoms. The molecule has 6 nitrogen and oxygen atoms in total. The van der Waals surface area contributed by atoms with Crippen molar-refractivity contribution in [3.8, 4) is 5.75 Å². The molecule has 1 heterocycles. The zero-order valence-electron chi connectivity index (χ0n) is 15.7. The predicted molar refractivity (Wildman–Crippen MR) is 98.4 cm³/mol. The Bertz CT molecular complexity index is 686. The monoisotopic (exact) mass is 360 g/mol. The van der Waals surface area contributed by atoms with Crippen LogP contribution >= 0.6 is 0 Å². The van der Waals surface area contributed by atoms with Crippen molar-refractivity contribution >= 4 is 12.0 Å². The summed E-state index contributed by atoms with van der Waals surface area (Å²) in [6.45, 7) is 5.50. The van der Waals surface area contributed by atoms with Crippen LogP contribution in [0.25, 0.3) is 0 Å². The molecule has 2 aliphatic rings. The predicted octanol–water partition coefficient (Wildman–Crippen LogP) is 2.87. The smallest absolute Gasteiger partial charge is 0.317 e. The summed E-state index contributed by atoms with van der Waals surface area (Å²) in [5.74, 6) is 0.130. The Labute approximate surface area is 154 Å².